The van der Waals surface area contributed by atoms with Gasteiger partial charge >= 0.3 is 0 Å². The Bertz CT molecular complexity index is 995. The standard InChI is InChI=1S/C21H26N2O4S/c1-15-5-6-16(2)19(13-15)22(4)21(24)18-8-7-17(3)20(14-18)28(25,26)23-9-11-27-12-10-23/h5-8,13-14H,9-12H2,1-4H3. The average molecular weight is 403 g/mol. The van der Waals surface area contributed by atoms with Crippen LogP contribution in [0.4, 0.5) is 5.69 Å². The molecule has 0 bridgehead atoms. The number of nitrogens with zero attached hydrogens (tertiary/aromatic N) is 2. The van der Waals surface area contributed by atoms with E-state index in [1.54, 1.807) is 31.0 Å². The van der Waals surface area contributed by atoms with E-state index < -0.39 is 10.0 Å². The summed E-state index contributed by atoms with van der Waals surface area (Å²) in [4.78, 5) is 14.8. The lowest BCUT2D eigenvalue weighted by atomic mass is 10.1. The lowest BCUT2D eigenvalue weighted by Gasteiger charge is -2.27. The van der Waals surface area contributed by atoms with Crippen LogP contribution in [0.15, 0.2) is 41.3 Å². The first-order valence-corrected chi connectivity index (χ1v) is 10.7. The third-order valence-corrected chi connectivity index (χ3v) is 7.09. The Hall–Kier alpha value is -2.22. The van der Waals surface area contributed by atoms with E-state index in [0.29, 0.717) is 37.4 Å². The quantitative estimate of drug-likeness (QED) is 0.789. The fraction of sp³-hybridized carbons (Fsp3) is 0.381. The summed E-state index contributed by atoms with van der Waals surface area (Å²) in [6, 6.07) is 10.8. The van der Waals surface area contributed by atoms with Crippen molar-refractivity contribution in [3.8, 4) is 0 Å². The molecule has 0 atom stereocenters. The Morgan fingerprint density at radius 3 is 2.32 bits per heavy atom. The first-order valence-electron chi connectivity index (χ1n) is 9.25. The van der Waals surface area contributed by atoms with Gasteiger partial charge in [-0.15, -0.1) is 0 Å². The summed E-state index contributed by atoms with van der Waals surface area (Å²) >= 11 is 0. The van der Waals surface area contributed by atoms with Gasteiger partial charge in [-0.3, -0.25) is 4.79 Å². The van der Waals surface area contributed by atoms with Crippen LogP contribution in [-0.2, 0) is 14.8 Å². The number of hydrogen-bond acceptors (Lipinski definition) is 4. The largest absolute Gasteiger partial charge is 0.379 e. The zero-order valence-electron chi connectivity index (χ0n) is 16.7. The Morgan fingerprint density at radius 2 is 1.64 bits per heavy atom. The number of hydrogen-bond donors (Lipinski definition) is 0. The van der Waals surface area contributed by atoms with Crippen LogP contribution in [0.25, 0.3) is 0 Å². The van der Waals surface area contributed by atoms with Gasteiger partial charge in [0.15, 0.2) is 0 Å². The number of benzene rings is 2. The molecule has 2 aromatic rings. The van der Waals surface area contributed by atoms with Gasteiger partial charge < -0.3 is 9.64 Å². The van der Waals surface area contributed by atoms with Crippen molar-refractivity contribution < 1.29 is 17.9 Å². The normalized spacial score (nSPS) is 15.4. The van der Waals surface area contributed by atoms with Crippen molar-refractivity contribution in [3.63, 3.8) is 0 Å². The third-order valence-electron chi connectivity index (χ3n) is 5.05. The predicted molar refractivity (Wildman–Crippen MR) is 109 cm³/mol. The Labute approximate surface area is 166 Å². The van der Waals surface area contributed by atoms with E-state index in [0.717, 1.165) is 16.8 Å². The second-order valence-corrected chi connectivity index (χ2v) is 9.06. The molecular formula is C21H26N2O4S. The number of amides is 1. The van der Waals surface area contributed by atoms with E-state index in [1.165, 1.54) is 10.4 Å². The van der Waals surface area contributed by atoms with Gasteiger partial charge in [-0.05, 0) is 55.7 Å². The fourth-order valence-corrected chi connectivity index (χ4v) is 4.98. The van der Waals surface area contributed by atoms with Crippen molar-refractivity contribution in [2.24, 2.45) is 0 Å². The molecule has 150 valence electrons. The molecule has 1 aliphatic rings. The molecule has 0 unspecified atom stereocenters. The SMILES string of the molecule is Cc1ccc(C)c(N(C)C(=O)c2ccc(C)c(S(=O)(=O)N3CCOCC3)c2)c1. The minimum absolute atomic E-state index is 0.176. The maximum Gasteiger partial charge on any atom is 0.258 e. The molecule has 0 radical (unpaired) electrons. The van der Waals surface area contributed by atoms with Crippen molar-refractivity contribution in [1.82, 2.24) is 4.31 Å². The highest BCUT2D eigenvalue weighted by molar-refractivity contribution is 7.89. The van der Waals surface area contributed by atoms with Gasteiger partial charge in [0.25, 0.3) is 5.91 Å². The van der Waals surface area contributed by atoms with Gasteiger partial charge in [-0.25, -0.2) is 8.42 Å². The molecule has 0 saturated carbocycles. The molecule has 1 amide bonds. The van der Waals surface area contributed by atoms with Crippen LogP contribution in [0.2, 0.25) is 0 Å². The van der Waals surface area contributed by atoms with Crippen LogP contribution in [0, 0.1) is 20.8 Å². The summed E-state index contributed by atoms with van der Waals surface area (Å²) in [5.74, 6) is -0.243. The third kappa shape index (κ3) is 3.97. The molecule has 0 spiro atoms. The summed E-state index contributed by atoms with van der Waals surface area (Å²) in [6.07, 6.45) is 0. The fourth-order valence-electron chi connectivity index (χ4n) is 3.32. The van der Waals surface area contributed by atoms with E-state index in [2.05, 4.69) is 0 Å². The predicted octanol–water partition coefficient (Wildman–Crippen LogP) is 2.91. The molecule has 1 fully saturated rings. The van der Waals surface area contributed by atoms with Crippen LogP contribution in [0.3, 0.4) is 0 Å². The summed E-state index contributed by atoms with van der Waals surface area (Å²) in [6.45, 7) is 7.07. The molecule has 3 rings (SSSR count). The molecule has 0 N–H and O–H groups in total. The van der Waals surface area contributed by atoms with Crippen molar-refractivity contribution in [2.45, 2.75) is 25.7 Å². The molecule has 1 heterocycles. The topological polar surface area (TPSA) is 66.9 Å². The number of rotatable bonds is 4. The van der Waals surface area contributed by atoms with Gasteiger partial charge in [0.2, 0.25) is 10.0 Å². The van der Waals surface area contributed by atoms with Crippen LogP contribution in [-0.4, -0.2) is 52.0 Å². The number of anilines is 1. The molecule has 1 saturated heterocycles. The smallest absolute Gasteiger partial charge is 0.258 e. The van der Waals surface area contributed by atoms with Crippen molar-refractivity contribution in [3.05, 3.63) is 58.7 Å². The molecule has 2 aromatic carbocycles. The second-order valence-electron chi connectivity index (χ2n) is 7.15. The number of carbonyl (C=O) groups is 1. The zero-order valence-corrected chi connectivity index (χ0v) is 17.5. The zero-order chi connectivity index (χ0) is 20.5. The first kappa shape index (κ1) is 20.5. The molecular weight excluding hydrogens is 376 g/mol. The highest BCUT2D eigenvalue weighted by atomic mass is 32.2. The highest BCUT2D eigenvalue weighted by Crippen LogP contribution is 2.25. The first-order chi connectivity index (χ1) is 13.2. The molecule has 7 heteroatoms. The minimum Gasteiger partial charge on any atom is -0.379 e. The molecule has 28 heavy (non-hydrogen) atoms. The van der Waals surface area contributed by atoms with Gasteiger partial charge in [0.05, 0.1) is 18.1 Å². The molecule has 0 aliphatic carbocycles. The summed E-state index contributed by atoms with van der Waals surface area (Å²) in [5.41, 5.74) is 3.82. The Balaban J connectivity index is 1.96. The van der Waals surface area contributed by atoms with Gasteiger partial charge in [-0.2, -0.15) is 4.31 Å². The molecule has 1 aliphatic heterocycles. The summed E-state index contributed by atoms with van der Waals surface area (Å²) < 4.78 is 32.8. The number of aryl methyl sites for hydroxylation is 3. The van der Waals surface area contributed by atoms with E-state index >= 15 is 0 Å². The van der Waals surface area contributed by atoms with Crippen molar-refractivity contribution >= 4 is 21.6 Å². The van der Waals surface area contributed by atoms with Gasteiger partial charge in [0.1, 0.15) is 0 Å². The maximum absolute atomic E-state index is 13.1. The second kappa shape index (κ2) is 8.03. The highest BCUT2D eigenvalue weighted by Gasteiger charge is 2.29. The Kier molecular flexibility index (Phi) is 5.88. The lowest BCUT2D eigenvalue weighted by molar-refractivity contribution is 0.0730. The van der Waals surface area contributed by atoms with Gasteiger partial charge in [-0.1, -0.05) is 18.2 Å². The van der Waals surface area contributed by atoms with Crippen molar-refractivity contribution in [1.29, 1.82) is 0 Å². The summed E-state index contributed by atoms with van der Waals surface area (Å²) in [7, 11) is -1.96. The average Bonchev–Trinajstić information content (AvgIpc) is 2.69. The monoisotopic (exact) mass is 402 g/mol. The number of carbonyl (C=O) groups excluding carboxylic acids is 1. The lowest BCUT2D eigenvalue weighted by Crippen LogP contribution is -2.41. The maximum atomic E-state index is 13.1. The van der Waals surface area contributed by atoms with E-state index in [-0.39, 0.29) is 10.8 Å². The van der Waals surface area contributed by atoms with E-state index in [9.17, 15) is 13.2 Å². The number of morpholine rings is 1. The van der Waals surface area contributed by atoms with Crippen LogP contribution >= 0.6 is 0 Å². The van der Waals surface area contributed by atoms with E-state index in [1.807, 2.05) is 32.0 Å². The van der Waals surface area contributed by atoms with Crippen LogP contribution in [0.5, 0.6) is 0 Å². The number of ether oxygens (including phenoxy) is 1. The van der Waals surface area contributed by atoms with Gasteiger partial charge in [0, 0.05) is 31.4 Å². The number of sulfonamides is 1. The van der Waals surface area contributed by atoms with E-state index in [4.69, 9.17) is 4.74 Å². The molecule has 0 aromatic heterocycles. The van der Waals surface area contributed by atoms with Crippen LogP contribution in [0.1, 0.15) is 27.0 Å². The van der Waals surface area contributed by atoms with Crippen LogP contribution < -0.4 is 4.90 Å². The minimum atomic E-state index is -3.67. The summed E-state index contributed by atoms with van der Waals surface area (Å²) in [5, 5.41) is 0. The molecule has 6 nitrogen and oxygen atoms in total. The van der Waals surface area contributed by atoms with Crippen molar-refractivity contribution in [2.75, 3.05) is 38.3 Å². The Morgan fingerprint density at radius 1 is 1.00 bits per heavy atom.